The number of nitrogens with zero attached hydrogens (tertiary/aromatic N) is 1. The highest BCUT2D eigenvalue weighted by molar-refractivity contribution is 6.42. The van der Waals surface area contributed by atoms with Crippen LogP contribution in [-0.2, 0) is 4.79 Å². The summed E-state index contributed by atoms with van der Waals surface area (Å²) in [5, 5.41) is 11.7. The number of benzene rings is 2. The van der Waals surface area contributed by atoms with Crippen molar-refractivity contribution < 1.29 is 14.6 Å². The SMILES string of the molecule is COc1cc(C)cc(O)c1C(CC(=O)N1CC(C)CC(C)C1)c1ccc(Cl)c(Cl)c1. The van der Waals surface area contributed by atoms with E-state index in [2.05, 4.69) is 13.8 Å². The minimum absolute atomic E-state index is 0.0616. The molecular weight excluding hydrogens is 421 g/mol. The summed E-state index contributed by atoms with van der Waals surface area (Å²) in [6.45, 7) is 7.77. The van der Waals surface area contributed by atoms with Crippen molar-refractivity contribution in [2.24, 2.45) is 11.8 Å². The largest absolute Gasteiger partial charge is 0.507 e. The number of methoxy groups -OCH3 is 1. The number of halogens is 2. The molecule has 6 heteroatoms. The smallest absolute Gasteiger partial charge is 0.223 e. The molecule has 3 atom stereocenters. The maximum Gasteiger partial charge on any atom is 0.223 e. The summed E-state index contributed by atoms with van der Waals surface area (Å²) in [5.74, 6) is 1.27. The lowest BCUT2D eigenvalue weighted by molar-refractivity contribution is -0.134. The predicted molar refractivity (Wildman–Crippen MR) is 122 cm³/mol. The number of carbonyl (C=O) groups is 1. The molecule has 162 valence electrons. The molecule has 0 saturated carbocycles. The van der Waals surface area contributed by atoms with Gasteiger partial charge in [0.15, 0.2) is 0 Å². The fourth-order valence-corrected chi connectivity index (χ4v) is 4.86. The summed E-state index contributed by atoms with van der Waals surface area (Å²) >= 11 is 12.4. The quantitative estimate of drug-likeness (QED) is 0.604. The molecule has 0 aromatic heterocycles. The number of likely N-dealkylation sites (tertiary alicyclic amines) is 1. The van der Waals surface area contributed by atoms with E-state index in [0.717, 1.165) is 30.6 Å². The second kappa shape index (κ2) is 9.49. The predicted octanol–water partition coefficient (Wildman–Crippen LogP) is 6.04. The van der Waals surface area contributed by atoms with Crippen molar-refractivity contribution in [3.8, 4) is 11.5 Å². The Morgan fingerprint density at radius 1 is 1.17 bits per heavy atom. The number of phenols is 1. The van der Waals surface area contributed by atoms with Crippen molar-refractivity contribution in [1.29, 1.82) is 0 Å². The maximum absolute atomic E-state index is 13.3. The first-order chi connectivity index (χ1) is 14.2. The highest BCUT2D eigenvalue weighted by Gasteiger charge is 2.30. The third-order valence-corrected chi connectivity index (χ3v) is 6.52. The van der Waals surface area contributed by atoms with Gasteiger partial charge in [0, 0.05) is 31.0 Å². The van der Waals surface area contributed by atoms with Crippen molar-refractivity contribution >= 4 is 29.1 Å². The van der Waals surface area contributed by atoms with Crippen LogP contribution in [0, 0.1) is 18.8 Å². The first-order valence-electron chi connectivity index (χ1n) is 10.3. The lowest BCUT2D eigenvalue weighted by Crippen LogP contribution is -2.43. The van der Waals surface area contributed by atoms with Crippen LogP contribution in [0.1, 0.15) is 49.3 Å². The molecule has 1 aliphatic rings. The van der Waals surface area contributed by atoms with Gasteiger partial charge in [-0.05, 0) is 60.6 Å². The Morgan fingerprint density at radius 3 is 2.43 bits per heavy atom. The third-order valence-electron chi connectivity index (χ3n) is 5.78. The molecule has 2 aromatic rings. The number of hydrogen-bond donors (Lipinski definition) is 1. The summed E-state index contributed by atoms with van der Waals surface area (Å²) in [6.07, 6.45) is 1.34. The van der Waals surface area contributed by atoms with Gasteiger partial charge in [-0.1, -0.05) is 43.1 Å². The molecule has 1 saturated heterocycles. The van der Waals surface area contributed by atoms with E-state index in [1.807, 2.05) is 24.0 Å². The number of amides is 1. The number of ether oxygens (including phenoxy) is 1. The molecule has 1 amide bonds. The molecule has 30 heavy (non-hydrogen) atoms. The standard InChI is InChI=1S/C24H29Cl2NO3/c1-14-8-21(28)24(22(9-14)30-4)18(17-5-6-19(25)20(26)10-17)11-23(29)27-12-15(2)7-16(3)13-27/h5-6,8-10,15-16,18,28H,7,11-13H2,1-4H3. The minimum atomic E-state index is -0.407. The fraction of sp³-hybridized carbons (Fsp3) is 0.458. The molecule has 1 heterocycles. The Bertz CT molecular complexity index is 921. The molecule has 1 N–H and O–H groups in total. The lowest BCUT2D eigenvalue weighted by atomic mass is 9.85. The number of carbonyl (C=O) groups excluding carboxylic acids is 1. The second-order valence-electron chi connectivity index (χ2n) is 8.58. The number of phenolic OH excluding ortho intramolecular Hbond substituents is 1. The van der Waals surface area contributed by atoms with Crippen LogP contribution >= 0.6 is 23.2 Å². The fourth-order valence-electron chi connectivity index (χ4n) is 4.55. The summed E-state index contributed by atoms with van der Waals surface area (Å²) in [5.41, 5.74) is 2.28. The molecule has 3 rings (SSSR count). The minimum Gasteiger partial charge on any atom is -0.507 e. The number of aryl methyl sites for hydroxylation is 1. The van der Waals surface area contributed by atoms with Crippen LogP contribution in [0.3, 0.4) is 0 Å². The van der Waals surface area contributed by atoms with Crippen LogP contribution in [0.15, 0.2) is 30.3 Å². The van der Waals surface area contributed by atoms with Gasteiger partial charge in [-0.2, -0.15) is 0 Å². The van der Waals surface area contributed by atoms with Crippen molar-refractivity contribution in [2.45, 2.75) is 39.5 Å². The highest BCUT2D eigenvalue weighted by Crippen LogP contribution is 2.42. The van der Waals surface area contributed by atoms with Crippen molar-refractivity contribution in [3.05, 3.63) is 57.1 Å². The van der Waals surface area contributed by atoms with Gasteiger partial charge in [-0.25, -0.2) is 0 Å². The Morgan fingerprint density at radius 2 is 1.83 bits per heavy atom. The van der Waals surface area contributed by atoms with Crippen molar-refractivity contribution in [2.75, 3.05) is 20.2 Å². The van der Waals surface area contributed by atoms with E-state index in [4.69, 9.17) is 27.9 Å². The number of rotatable bonds is 5. The molecule has 1 fully saturated rings. The zero-order valence-electron chi connectivity index (χ0n) is 17.9. The van der Waals surface area contributed by atoms with Gasteiger partial charge in [0.1, 0.15) is 11.5 Å². The van der Waals surface area contributed by atoms with Crippen molar-refractivity contribution in [3.63, 3.8) is 0 Å². The van der Waals surface area contributed by atoms with Crippen LogP contribution in [-0.4, -0.2) is 36.1 Å². The average Bonchev–Trinajstić information content (AvgIpc) is 2.67. The van der Waals surface area contributed by atoms with Crippen LogP contribution in [0.25, 0.3) is 0 Å². The highest BCUT2D eigenvalue weighted by atomic mass is 35.5. The van der Waals surface area contributed by atoms with E-state index >= 15 is 0 Å². The maximum atomic E-state index is 13.3. The van der Waals surface area contributed by atoms with Crippen LogP contribution in [0.5, 0.6) is 11.5 Å². The monoisotopic (exact) mass is 449 g/mol. The zero-order chi connectivity index (χ0) is 22.0. The van der Waals surface area contributed by atoms with Crippen LogP contribution < -0.4 is 4.74 Å². The second-order valence-corrected chi connectivity index (χ2v) is 9.39. The van der Waals surface area contributed by atoms with Gasteiger partial charge in [0.05, 0.1) is 17.2 Å². The summed E-state index contributed by atoms with van der Waals surface area (Å²) in [7, 11) is 1.57. The average molecular weight is 450 g/mol. The van der Waals surface area contributed by atoms with Gasteiger partial charge in [0.2, 0.25) is 5.91 Å². The van der Waals surface area contributed by atoms with E-state index in [1.165, 1.54) is 0 Å². The molecule has 4 nitrogen and oxygen atoms in total. The molecule has 0 bridgehead atoms. The molecule has 1 aliphatic heterocycles. The van der Waals surface area contributed by atoms with E-state index in [1.54, 1.807) is 25.3 Å². The Hall–Kier alpha value is -1.91. The van der Waals surface area contributed by atoms with E-state index < -0.39 is 5.92 Å². The molecular formula is C24H29Cl2NO3. The topological polar surface area (TPSA) is 49.8 Å². The number of hydrogen-bond acceptors (Lipinski definition) is 3. The Balaban J connectivity index is 2.03. The molecule has 0 radical (unpaired) electrons. The van der Waals surface area contributed by atoms with E-state index in [0.29, 0.717) is 33.2 Å². The zero-order valence-corrected chi connectivity index (χ0v) is 19.4. The van der Waals surface area contributed by atoms with Gasteiger partial charge in [-0.3, -0.25) is 4.79 Å². The first-order valence-corrected chi connectivity index (χ1v) is 11.0. The summed E-state index contributed by atoms with van der Waals surface area (Å²) < 4.78 is 5.58. The van der Waals surface area contributed by atoms with Gasteiger partial charge >= 0.3 is 0 Å². The molecule has 3 unspecified atom stereocenters. The van der Waals surface area contributed by atoms with E-state index in [9.17, 15) is 9.90 Å². The number of aromatic hydroxyl groups is 1. The van der Waals surface area contributed by atoms with Crippen molar-refractivity contribution in [1.82, 2.24) is 4.90 Å². The molecule has 2 aromatic carbocycles. The molecule has 0 aliphatic carbocycles. The summed E-state index contributed by atoms with van der Waals surface area (Å²) in [4.78, 5) is 15.3. The molecule has 0 spiro atoms. The number of piperidine rings is 1. The van der Waals surface area contributed by atoms with Gasteiger partial charge < -0.3 is 14.7 Å². The summed E-state index contributed by atoms with van der Waals surface area (Å²) in [6, 6.07) is 8.90. The third kappa shape index (κ3) is 5.04. The normalized spacial score (nSPS) is 20.1. The van der Waals surface area contributed by atoms with E-state index in [-0.39, 0.29) is 18.1 Å². The Kier molecular flexibility index (Phi) is 7.20. The Labute approximate surface area is 188 Å². The van der Waals surface area contributed by atoms with Gasteiger partial charge in [0.25, 0.3) is 0 Å². The van der Waals surface area contributed by atoms with Crippen LogP contribution in [0.4, 0.5) is 0 Å². The first kappa shape index (κ1) is 22.8. The van der Waals surface area contributed by atoms with Gasteiger partial charge in [-0.15, -0.1) is 0 Å². The lowest BCUT2D eigenvalue weighted by Gasteiger charge is -2.36. The van der Waals surface area contributed by atoms with Crippen LogP contribution in [0.2, 0.25) is 10.0 Å².